The van der Waals surface area contributed by atoms with Gasteiger partial charge in [0.15, 0.2) is 6.61 Å². The van der Waals surface area contributed by atoms with E-state index in [1.807, 2.05) is 13.8 Å². The van der Waals surface area contributed by atoms with Gasteiger partial charge in [0.2, 0.25) is 5.75 Å². The number of halogens is 1. The van der Waals surface area contributed by atoms with E-state index in [-0.39, 0.29) is 22.9 Å². The molecule has 0 saturated carbocycles. The highest BCUT2D eigenvalue weighted by atomic mass is 79.9. The van der Waals surface area contributed by atoms with Gasteiger partial charge in [-0.3, -0.25) is 14.9 Å². The average Bonchev–Trinajstić information content (AvgIpc) is 2.76. The number of benzene rings is 2. The lowest BCUT2D eigenvalue weighted by Gasteiger charge is -2.12. The highest BCUT2D eigenvalue weighted by molar-refractivity contribution is 9.10. The monoisotopic (exact) mass is 502 g/mol. The molecule has 166 valence electrons. The number of hydrogen-bond donors (Lipinski definition) is 0. The summed E-state index contributed by atoms with van der Waals surface area (Å²) in [5, 5.41) is 16.1. The van der Waals surface area contributed by atoms with E-state index >= 15 is 0 Å². The van der Waals surface area contributed by atoms with Crippen LogP contribution in [-0.2, 0) is 9.53 Å². The lowest BCUT2D eigenvalue weighted by Crippen LogP contribution is -2.23. The number of carbonyl (C=O) groups excluding carboxylic acids is 1. The SMILES string of the molecule is COC(=O)COc1c(C=Nn2c(C(C)C)nc3ccc(Br)cc3c2=O)cccc1[N+](=O)[O-]. The Morgan fingerprint density at radius 3 is 2.75 bits per heavy atom. The number of carbonyl (C=O) groups is 1. The molecule has 0 N–H and O–H groups in total. The molecule has 0 aliphatic heterocycles. The summed E-state index contributed by atoms with van der Waals surface area (Å²) in [4.78, 5) is 39.9. The molecule has 2 aromatic carbocycles. The van der Waals surface area contributed by atoms with E-state index in [1.54, 1.807) is 18.2 Å². The predicted molar refractivity (Wildman–Crippen MR) is 121 cm³/mol. The zero-order valence-electron chi connectivity index (χ0n) is 17.4. The van der Waals surface area contributed by atoms with Gasteiger partial charge in [0.1, 0.15) is 5.82 Å². The van der Waals surface area contributed by atoms with Crippen molar-refractivity contribution in [3.8, 4) is 5.75 Å². The fourth-order valence-corrected chi connectivity index (χ4v) is 3.27. The molecule has 0 unspecified atom stereocenters. The van der Waals surface area contributed by atoms with Gasteiger partial charge in [-0.25, -0.2) is 9.78 Å². The van der Waals surface area contributed by atoms with E-state index in [0.717, 1.165) is 4.68 Å². The van der Waals surface area contributed by atoms with Gasteiger partial charge >= 0.3 is 11.7 Å². The van der Waals surface area contributed by atoms with Crippen LogP contribution in [0, 0.1) is 10.1 Å². The molecule has 3 rings (SSSR count). The molecule has 0 fully saturated rings. The maximum absolute atomic E-state index is 13.1. The van der Waals surface area contributed by atoms with Crippen LogP contribution in [0.3, 0.4) is 0 Å². The first kappa shape index (κ1) is 23.1. The van der Waals surface area contributed by atoms with Crippen molar-refractivity contribution in [2.24, 2.45) is 5.10 Å². The van der Waals surface area contributed by atoms with Crippen LogP contribution >= 0.6 is 15.9 Å². The largest absolute Gasteiger partial charge is 0.474 e. The second-order valence-corrected chi connectivity index (χ2v) is 7.88. The maximum Gasteiger partial charge on any atom is 0.343 e. The smallest absolute Gasteiger partial charge is 0.343 e. The van der Waals surface area contributed by atoms with E-state index < -0.39 is 23.1 Å². The molecular formula is C21H19BrN4O6. The van der Waals surface area contributed by atoms with E-state index in [4.69, 9.17) is 4.74 Å². The lowest BCUT2D eigenvalue weighted by molar-refractivity contribution is -0.385. The van der Waals surface area contributed by atoms with Crippen LogP contribution in [0.25, 0.3) is 10.9 Å². The molecule has 11 heteroatoms. The van der Waals surface area contributed by atoms with Crippen LogP contribution in [0.5, 0.6) is 5.75 Å². The van der Waals surface area contributed by atoms with Gasteiger partial charge in [-0.1, -0.05) is 35.8 Å². The fourth-order valence-electron chi connectivity index (χ4n) is 2.91. The van der Waals surface area contributed by atoms with Gasteiger partial charge in [-0.05, 0) is 24.3 Å². The molecule has 32 heavy (non-hydrogen) atoms. The fraction of sp³-hybridized carbons (Fsp3) is 0.238. The predicted octanol–water partition coefficient (Wildman–Crippen LogP) is 3.62. The Morgan fingerprint density at radius 2 is 2.09 bits per heavy atom. The molecule has 1 heterocycles. The van der Waals surface area contributed by atoms with Gasteiger partial charge in [-0.15, -0.1) is 0 Å². The molecule has 0 aliphatic carbocycles. The summed E-state index contributed by atoms with van der Waals surface area (Å²) in [6.07, 6.45) is 1.26. The molecule has 10 nitrogen and oxygen atoms in total. The molecule has 0 aliphatic rings. The second-order valence-electron chi connectivity index (χ2n) is 6.97. The van der Waals surface area contributed by atoms with Crippen LogP contribution in [-0.4, -0.2) is 40.5 Å². The van der Waals surface area contributed by atoms with E-state index in [9.17, 15) is 19.7 Å². The minimum Gasteiger partial charge on any atom is -0.474 e. The molecule has 0 atom stereocenters. The van der Waals surface area contributed by atoms with E-state index in [0.29, 0.717) is 21.2 Å². The Hall–Kier alpha value is -3.60. The first-order valence-electron chi connectivity index (χ1n) is 9.46. The molecule has 3 aromatic rings. The maximum atomic E-state index is 13.1. The average molecular weight is 503 g/mol. The number of hydrogen-bond acceptors (Lipinski definition) is 8. The van der Waals surface area contributed by atoms with Crippen molar-refractivity contribution in [2.45, 2.75) is 19.8 Å². The summed E-state index contributed by atoms with van der Waals surface area (Å²) in [5.74, 6) is -0.576. The van der Waals surface area contributed by atoms with Crippen LogP contribution < -0.4 is 10.3 Å². The van der Waals surface area contributed by atoms with Crippen LogP contribution in [0.1, 0.15) is 31.2 Å². The van der Waals surface area contributed by atoms with Gasteiger partial charge < -0.3 is 9.47 Å². The first-order valence-corrected chi connectivity index (χ1v) is 10.3. The summed E-state index contributed by atoms with van der Waals surface area (Å²) < 4.78 is 11.7. The summed E-state index contributed by atoms with van der Waals surface area (Å²) in [5.41, 5.74) is -0.00147. The number of nitro groups is 1. The van der Waals surface area contributed by atoms with Crippen LogP contribution in [0.4, 0.5) is 5.69 Å². The van der Waals surface area contributed by atoms with Gasteiger partial charge in [0.25, 0.3) is 5.56 Å². The van der Waals surface area contributed by atoms with Gasteiger partial charge in [0.05, 0.1) is 29.2 Å². The standard InChI is InChI=1S/C21H19BrN4O6/c1-12(2)20-24-16-8-7-14(22)9-15(16)21(28)25(20)23-10-13-5-4-6-17(26(29)30)19(13)32-11-18(27)31-3/h4-10,12H,11H2,1-3H3. The lowest BCUT2D eigenvalue weighted by atomic mass is 10.2. The minimum atomic E-state index is -0.700. The summed E-state index contributed by atoms with van der Waals surface area (Å²) in [6, 6.07) is 9.39. The minimum absolute atomic E-state index is 0.131. The second kappa shape index (κ2) is 9.69. The van der Waals surface area contributed by atoms with Crippen molar-refractivity contribution in [1.82, 2.24) is 9.66 Å². The van der Waals surface area contributed by atoms with Crippen LogP contribution in [0.2, 0.25) is 0 Å². The number of esters is 1. The number of fused-ring (bicyclic) bond motifs is 1. The first-order chi connectivity index (χ1) is 15.2. The zero-order valence-corrected chi connectivity index (χ0v) is 19.0. The van der Waals surface area contributed by atoms with Crippen molar-refractivity contribution in [3.63, 3.8) is 0 Å². The number of rotatable bonds is 7. The number of aromatic nitrogens is 2. The molecule has 1 aromatic heterocycles. The Bertz CT molecular complexity index is 1290. The third kappa shape index (κ3) is 4.83. The Morgan fingerprint density at radius 1 is 1.34 bits per heavy atom. The van der Waals surface area contributed by atoms with Crippen molar-refractivity contribution in [1.29, 1.82) is 0 Å². The van der Waals surface area contributed by atoms with Crippen molar-refractivity contribution < 1.29 is 19.2 Å². The Labute approximate surface area is 190 Å². The topological polar surface area (TPSA) is 126 Å². The van der Waals surface area contributed by atoms with Crippen molar-refractivity contribution in [2.75, 3.05) is 13.7 Å². The van der Waals surface area contributed by atoms with Crippen molar-refractivity contribution in [3.05, 3.63) is 72.7 Å². The number of nitro benzene ring substituents is 1. The summed E-state index contributed by atoms with van der Waals surface area (Å²) >= 11 is 3.35. The van der Waals surface area contributed by atoms with E-state index in [1.165, 1.54) is 31.5 Å². The number of nitrogens with zero attached hydrogens (tertiary/aromatic N) is 4. The molecule has 0 radical (unpaired) electrons. The Kier molecular flexibility index (Phi) is 6.98. The third-order valence-corrected chi connectivity index (χ3v) is 4.94. The number of para-hydroxylation sites is 1. The van der Waals surface area contributed by atoms with Gasteiger partial charge in [0, 0.05) is 22.0 Å². The molecule has 0 amide bonds. The highest BCUT2D eigenvalue weighted by Gasteiger charge is 2.20. The summed E-state index contributed by atoms with van der Waals surface area (Å²) in [7, 11) is 1.18. The Balaban J connectivity index is 2.15. The quantitative estimate of drug-likeness (QED) is 0.209. The highest BCUT2D eigenvalue weighted by Crippen LogP contribution is 2.30. The zero-order chi connectivity index (χ0) is 23.4. The van der Waals surface area contributed by atoms with Crippen LogP contribution in [0.15, 0.2) is 50.8 Å². The molecule has 0 bridgehead atoms. The van der Waals surface area contributed by atoms with Crippen molar-refractivity contribution >= 4 is 44.7 Å². The summed E-state index contributed by atoms with van der Waals surface area (Å²) in [6.45, 7) is 3.22. The molecule has 0 spiro atoms. The molecular weight excluding hydrogens is 484 g/mol. The van der Waals surface area contributed by atoms with E-state index in [2.05, 4.69) is 30.8 Å². The normalized spacial score (nSPS) is 11.3. The third-order valence-electron chi connectivity index (χ3n) is 4.45. The molecule has 0 saturated heterocycles. The number of ether oxygens (including phenoxy) is 2. The number of methoxy groups -OCH3 is 1. The van der Waals surface area contributed by atoms with Gasteiger partial charge in [-0.2, -0.15) is 9.78 Å².